The molecule has 2 aromatic heterocycles. The van der Waals surface area contributed by atoms with Crippen molar-refractivity contribution >= 4 is 40.6 Å². The number of rotatable bonds is 15. The van der Waals surface area contributed by atoms with Crippen LogP contribution in [-0.4, -0.2) is 90.3 Å². The molecule has 3 aromatic rings. The number of hydrogen-bond donors (Lipinski definition) is 3. The summed E-state index contributed by atoms with van der Waals surface area (Å²) in [6.45, 7) is 8.77. The number of thiophene rings is 1. The first-order valence-electron chi connectivity index (χ1n) is 13.6. The van der Waals surface area contributed by atoms with Crippen LogP contribution in [0.15, 0.2) is 29.3 Å². The van der Waals surface area contributed by atoms with Gasteiger partial charge in [0.2, 0.25) is 5.91 Å². The number of aromatic nitrogens is 3. The molecule has 1 aliphatic rings. The van der Waals surface area contributed by atoms with Gasteiger partial charge in [0.25, 0.3) is 0 Å². The standard InChI is InChI=1S/C28H35ClN6O6S/c1-17-18(2)42-27-24(17)25(20-4-6-21(29)7-5-20)32-22(26-34-33-19(3)35(26)27)16-23(36)30-8-10-39-12-14-41-15-13-40-11-9-31-28(37)38/h4-7,22,31H,8-16H2,1-3H3,(H,30,36)(H,37,38). The van der Waals surface area contributed by atoms with Crippen molar-refractivity contribution in [1.82, 2.24) is 25.4 Å². The quantitative estimate of drug-likeness (QED) is 0.219. The summed E-state index contributed by atoms with van der Waals surface area (Å²) in [6.07, 6.45) is -0.973. The highest BCUT2D eigenvalue weighted by atomic mass is 35.5. The van der Waals surface area contributed by atoms with Crippen LogP contribution in [-0.2, 0) is 19.0 Å². The van der Waals surface area contributed by atoms with Crippen molar-refractivity contribution < 1.29 is 28.9 Å². The summed E-state index contributed by atoms with van der Waals surface area (Å²) >= 11 is 7.84. The predicted octanol–water partition coefficient (Wildman–Crippen LogP) is 3.62. The highest BCUT2D eigenvalue weighted by molar-refractivity contribution is 7.15. The predicted molar refractivity (Wildman–Crippen MR) is 159 cm³/mol. The van der Waals surface area contributed by atoms with Crippen LogP contribution in [0.25, 0.3) is 5.00 Å². The summed E-state index contributed by atoms with van der Waals surface area (Å²) in [5.41, 5.74) is 3.87. The molecule has 0 radical (unpaired) electrons. The third-order valence-electron chi connectivity index (χ3n) is 6.57. The molecule has 3 heterocycles. The van der Waals surface area contributed by atoms with Crippen LogP contribution >= 0.6 is 22.9 Å². The minimum absolute atomic E-state index is 0.104. The lowest BCUT2D eigenvalue weighted by atomic mass is 9.99. The summed E-state index contributed by atoms with van der Waals surface area (Å²) in [7, 11) is 0. The van der Waals surface area contributed by atoms with Crippen LogP contribution < -0.4 is 10.6 Å². The Morgan fingerprint density at radius 1 is 0.952 bits per heavy atom. The van der Waals surface area contributed by atoms with Crippen molar-refractivity contribution in [2.24, 2.45) is 4.99 Å². The second-order valence-corrected chi connectivity index (χ2v) is 11.2. The van der Waals surface area contributed by atoms with E-state index >= 15 is 0 Å². The highest BCUT2D eigenvalue weighted by Gasteiger charge is 2.32. The first-order chi connectivity index (χ1) is 20.3. The summed E-state index contributed by atoms with van der Waals surface area (Å²) in [6, 6.07) is 7.04. The van der Waals surface area contributed by atoms with Gasteiger partial charge in [-0.05, 0) is 38.5 Å². The van der Waals surface area contributed by atoms with Crippen molar-refractivity contribution in [1.29, 1.82) is 0 Å². The fraction of sp³-hybridized carbons (Fsp3) is 0.464. The van der Waals surface area contributed by atoms with Crippen molar-refractivity contribution in [2.75, 3.05) is 52.7 Å². The van der Waals surface area contributed by atoms with E-state index in [1.807, 2.05) is 35.8 Å². The smallest absolute Gasteiger partial charge is 0.404 e. The van der Waals surface area contributed by atoms with Gasteiger partial charge in [0.1, 0.15) is 16.9 Å². The van der Waals surface area contributed by atoms with Crippen molar-refractivity contribution in [3.05, 3.63) is 62.5 Å². The molecule has 12 nitrogen and oxygen atoms in total. The number of halogens is 1. The molecule has 0 aliphatic carbocycles. The van der Waals surface area contributed by atoms with E-state index in [-0.39, 0.29) is 25.5 Å². The molecule has 0 saturated carbocycles. The minimum atomic E-state index is -1.08. The Morgan fingerprint density at radius 3 is 2.21 bits per heavy atom. The Bertz CT molecular complexity index is 1410. The molecule has 4 rings (SSSR count). The van der Waals surface area contributed by atoms with Crippen LogP contribution in [0.1, 0.15) is 45.7 Å². The fourth-order valence-electron chi connectivity index (χ4n) is 4.41. The number of aryl methyl sites for hydroxylation is 2. The summed E-state index contributed by atoms with van der Waals surface area (Å²) in [5.74, 6) is 1.20. The minimum Gasteiger partial charge on any atom is -0.465 e. The molecule has 2 amide bonds. The lowest BCUT2D eigenvalue weighted by Crippen LogP contribution is -2.29. The molecule has 0 saturated heterocycles. The molecule has 0 fully saturated rings. The van der Waals surface area contributed by atoms with Crippen LogP contribution in [0.3, 0.4) is 0 Å². The van der Waals surface area contributed by atoms with Crippen molar-refractivity contribution in [2.45, 2.75) is 33.2 Å². The zero-order chi connectivity index (χ0) is 30.1. The topological polar surface area (TPSA) is 149 Å². The van der Waals surface area contributed by atoms with Gasteiger partial charge in [-0.25, -0.2) is 4.79 Å². The van der Waals surface area contributed by atoms with Gasteiger partial charge in [-0.15, -0.1) is 21.5 Å². The lowest BCUT2D eigenvalue weighted by molar-refractivity contribution is -0.121. The van der Waals surface area contributed by atoms with Gasteiger partial charge in [0.05, 0.1) is 51.8 Å². The van der Waals surface area contributed by atoms with Gasteiger partial charge in [0.15, 0.2) is 5.82 Å². The summed E-state index contributed by atoms with van der Waals surface area (Å²) < 4.78 is 18.2. The molecule has 14 heteroatoms. The van der Waals surface area contributed by atoms with E-state index in [0.717, 1.165) is 33.2 Å². The Kier molecular flexibility index (Phi) is 11.4. The third-order valence-corrected chi connectivity index (χ3v) is 8.02. The van der Waals surface area contributed by atoms with Gasteiger partial charge in [-0.2, -0.15) is 0 Å². The third kappa shape index (κ3) is 8.13. The maximum absolute atomic E-state index is 13.0. The van der Waals surface area contributed by atoms with Crippen molar-refractivity contribution in [3.8, 4) is 5.00 Å². The molecule has 0 bridgehead atoms. The van der Waals surface area contributed by atoms with E-state index in [4.69, 9.17) is 35.9 Å². The van der Waals surface area contributed by atoms with Crippen molar-refractivity contribution in [3.63, 3.8) is 0 Å². The zero-order valence-electron chi connectivity index (χ0n) is 23.8. The van der Waals surface area contributed by atoms with Crippen LogP contribution in [0.4, 0.5) is 4.79 Å². The first-order valence-corrected chi connectivity index (χ1v) is 14.8. The number of nitrogens with one attached hydrogen (secondary N) is 2. The maximum Gasteiger partial charge on any atom is 0.404 e. The molecule has 3 N–H and O–H groups in total. The molecule has 226 valence electrons. The van der Waals surface area contributed by atoms with Crippen LogP contribution in [0.2, 0.25) is 5.02 Å². The number of ether oxygens (including phenoxy) is 3. The average molecular weight is 619 g/mol. The average Bonchev–Trinajstić information content (AvgIpc) is 3.43. The summed E-state index contributed by atoms with van der Waals surface area (Å²) in [5, 5.41) is 24.0. The monoisotopic (exact) mass is 618 g/mol. The van der Waals surface area contributed by atoms with E-state index in [9.17, 15) is 9.59 Å². The van der Waals surface area contributed by atoms with E-state index in [1.165, 1.54) is 4.88 Å². The molecule has 1 atom stereocenters. The van der Waals surface area contributed by atoms with Gasteiger partial charge in [0, 0.05) is 34.1 Å². The number of carbonyl (C=O) groups excluding carboxylic acids is 1. The summed E-state index contributed by atoms with van der Waals surface area (Å²) in [4.78, 5) is 29.6. The van der Waals surface area contributed by atoms with E-state index < -0.39 is 12.1 Å². The number of amides is 2. The number of nitrogens with zero attached hydrogens (tertiary/aromatic N) is 4. The van der Waals surface area contributed by atoms with Crippen LogP contribution in [0, 0.1) is 20.8 Å². The molecule has 42 heavy (non-hydrogen) atoms. The molecule has 1 aromatic carbocycles. The van der Waals surface area contributed by atoms with E-state index in [2.05, 4.69) is 34.7 Å². The number of aliphatic imine (C=N–C) groups is 1. The Morgan fingerprint density at radius 2 is 1.57 bits per heavy atom. The number of carboxylic acid groups (broad SMARTS) is 1. The second kappa shape index (κ2) is 15.2. The lowest BCUT2D eigenvalue weighted by Gasteiger charge is -2.13. The number of carbonyl (C=O) groups is 2. The Labute approximate surface area is 253 Å². The van der Waals surface area contributed by atoms with E-state index in [1.54, 1.807) is 11.3 Å². The number of benzene rings is 1. The molecule has 1 aliphatic heterocycles. The van der Waals surface area contributed by atoms with E-state index in [0.29, 0.717) is 50.4 Å². The first kappa shape index (κ1) is 31.6. The fourth-order valence-corrected chi connectivity index (χ4v) is 5.75. The number of hydrogen-bond acceptors (Lipinski definition) is 9. The highest BCUT2D eigenvalue weighted by Crippen LogP contribution is 2.39. The maximum atomic E-state index is 13.0. The zero-order valence-corrected chi connectivity index (χ0v) is 25.4. The molecule has 1 unspecified atom stereocenters. The largest absolute Gasteiger partial charge is 0.465 e. The SMILES string of the molecule is Cc1sc2c(c1C)C(c1ccc(Cl)cc1)=NC(CC(=O)NCCOCCOCCOCCNC(=O)O)c1nnc(C)n1-2. The van der Waals surface area contributed by atoms with Gasteiger partial charge < -0.3 is 30.0 Å². The van der Waals surface area contributed by atoms with Gasteiger partial charge in [-0.3, -0.25) is 14.4 Å². The Hall–Kier alpha value is -3.36. The normalized spacial score (nSPS) is 14.1. The van der Waals surface area contributed by atoms with Crippen LogP contribution in [0.5, 0.6) is 0 Å². The Balaban J connectivity index is 1.30. The molecular formula is C28H35ClN6O6S. The molecule has 0 spiro atoms. The van der Waals surface area contributed by atoms with Gasteiger partial charge >= 0.3 is 6.09 Å². The molecular weight excluding hydrogens is 584 g/mol. The second-order valence-electron chi connectivity index (χ2n) is 9.53. The number of fused-ring (bicyclic) bond motifs is 3. The van der Waals surface area contributed by atoms with Gasteiger partial charge in [-0.1, -0.05) is 23.7 Å².